The van der Waals surface area contributed by atoms with Crippen molar-refractivity contribution in [2.75, 3.05) is 0 Å². The number of aromatic nitrogens is 1. The van der Waals surface area contributed by atoms with E-state index in [4.69, 9.17) is 11.6 Å². The van der Waals surface area contributed by atoms with Gasteiger partial charge in [0, 0.05) is 24.1 Å². The summed E-state index contributed by atoms with van der Waals surface area (Å²) >= 11 is 5.92. The van der Waals surface area contributed by atoms with Crippen LogP contribution in [0, 0.1) is 0 Å². The van der Waals surface area contributed by atoms with E-state index in [0.717, 1.165) is 12.1 Å². The second kappa shape index (κ2) is 11.3. The molecule has 1 aromatic carbocycles. The standard InChI is InChI=1S/C23H14ClF19N/c24-14-3-1-2-10-44(14)11-13-6-4-12(5-7-13)8-9-15(25,26)16(27,28)17(29,30)18(31,32)19(33,34)20(35,36)21(37,38)22(39,40)23(41,42)43/h1-7,10H,8-9,11H2/q+1. The van der Waals surface area contributed by atoms with Crippen LogP contribution in [0.2, 0.25) is 5.15 Å². The molecular formula is C23H14ClF19N+. The van der Waals surface area contributed by atoms with Crippen molar-refractivity contribution in [1.82, 2.24) is 0 Å². The summed E-state index contributed by atoms with van der Waals surface area (Å²) in [6.45, 7) is 0.0439. The number of hydrogen-bond donors (Lipinski definition) is 0. The van der Waals surface area contributed by atoms with E-state index in [9.17, 15) is 83.4 Å². The van der Waals surface area contributed by atoms with Gasteiger partial charge >= 0.3 is 53.6 Å². The molecule has 0 aliphatic heterocycles. The maximum absolute atomic E-state index is 14.2. The van der Waals surface area contributed by atoms with Gasteiger partial charge in [0.25, 0.3) is 5.15 Å². The van der Waals surface area contributed by atoms with E-state index in [-0.39, 0.29) is 11.7 Å². The van der Waals surface area contributed by atoms with Gasteiger partial charge in [-0.3, -0.25) is 0 Å². The number of aryl methyl sites for hydroxylation is 1. The Bertz CT molecular complexity index is 1300. The fourth-order valence-corrected chi connectivity index (χ4v) is 3.63. The third-order valence-corrected chi connectivity index (χ3v) is 6.51. The number of benzene rings is 1. The van der Waals surface area contributed by atoms with Gasteiger partial charge in [0.15, 0.2) is 12.7 Å². The Balaban J connectivity index is 2.37. The van der Waals surface area contributed by atoms with Crippen molar-refractivity contribution in [3.05, 3.63) is 64.9 Å². The Morgan fingerprint density at radius 3 is 1.27 bits per heavy atom. The lowest BCUT2D eigenvalue weighted by atomic mass is 9.86. The van der Waals surface area contributed by atoms with Crippen molar-refractivity contribution < 1.29 is 88.0 Å². The molecule has 0 aliphatic carbocycles. The third-order valence-electron chi connectivity index (χ3n) is 6.17. The van der Waals surface area contributed by atoms with Crippen molar-refractivity contribution in [2.24, 2.45) is 0 Å². The summed E-state index contributed by atoms with van der Waals surface area (Å²) in [6, 6.07) is 8.80. The molecule has 0 aliphatic rings. The maximum Gasteiger partial charge on any atom is 0.460 e. The fraction of sp³-hybridized carbons (Fsp3) is 0.522. The van der Waals surface area contributed by atoms with E-state index in [0.29, 0.717) is 5.56 Å². The normalized spacial score (nSPS) is 15.1. The van der Waals surface area contributed by atoms with Crippen molar-refractivity contribution in [2.45, 2.75) is 72.9 Å². The van der Waals surface area contributed by atoms with Crippen molar-refractivity contribution in [3.63, 3.8) is 0 Å². The summed E-state index contributed by atoms with van der Waals surface area (Å²) in [4.78, 5) is 0. The van der Waals surface area contributed by atoms with Crippen LogP contribution in [0.4, 0.5) is 83.4 Å². The first-order valence-electron chi connectivity index (χ1n) is 11.2. The largest absolute Gasteiger partial charge is 0.460 e. The van der Waals surface area contributed by atoms with Gasteiger partial charge in [0.1, 0.15) is 0 Å². The molecule has 0 spiro atoms. The average molecular weight is 701 g/mol. The van der Waals surface area contributed by atoms with Crippen LogP contribution in [0.5, 0.6) is 0 Å². The van der Waals surface area contributed by atoms with E-state index in [1.165, 1.54) is 29.0 Å². The van der Waals surface area contributed by atoms with Gasteiger partial charge in [-0.25, -0.2) is 0 Å². The molecule has 21 heteroatoms. The summed E-state index contributed by atoms with van der Waals surface area (Å²) in [5.74, 6) is -66.4. The van der Waals surface area contributed by atoms with Crippen LogP contribution in [0.25, 0.3) is 0 Å². The van der Waals surface area contributed by atoms with E-state index < -0.39 is 72.0 Å². The molecule has 1 nitrogen and oxygen atoms in total. The van der Waals surface area contributed by atoms with Crippen LogP contribution in [0.1, 0.15) is 17.5 Å². The van der Waals surface area contributed by atoms with Crippen LogP contribution < -0.4 is 4.57 Å². The molecule has 2 aromatic rings. The van der Waals surface area contributed by atoms with Crippen molar-refractivity contribution in [3.8, 4) is 0 Å². The summed E-state index contributed by atoms with van der Waals surface area (Å²) in [7, 11) is 0. The molecule has 0 atom stereocenters. The third kappa shape index (κ3) is 5.74. The lowest BCUT2D eigenvalue weighted by molar-refractivity contribution is -0.686. The molecule has 1 aromatic heterocycles. The van der Waals surface area contributed by atoms with Gasteiger partial charge in [-0.2, -0.15) is 88.0 Å². The Hall–Kier alpha value is -2.67. The van der Waals surface area contributed by atoms with Crippen molar-refractivity contribution in [1.29, 1.82) is 0 Å². The first-order valence-corrected chi connectivity index (χ1v) is 11.6. The molecule has 0 unspecified atom stereocenters. The van der Waals surface area contributed by atoms with Gasteiger partial charge in [0.2, 0.25) is 0 Å². The monoisotopic (exact) mass is 700 g/mol. The second-order valence-corrected chi connectivity index (χ2v) is 9.58. The minimum atomic E-state index is -8.92. The minimum Gasteiger partial charge on any atom is -0.200 e. The highest BCUT2D eigenvalue weighted by molar-refractivity contribution is 6.28. The highest BCUT2D eigenvalue weighted by atomic mass is 35.5. The zero-order valence-corrected chi connectivity index (χ0v) is 21.5. The quantitative estimate of drug-likeness (QED) is 0.118. The Labute approximate surface area is 238 Å². The van der Waals surface area contributed by atoms with Gasteiger partial charge in [-0.15, -0.1) is 0 Å². The lowest BCUT2D eigenvalue weighted by Gasteiger charge is -2.43. The smallest absolute Gasteiger partial charge is 0.200 e. The first kappa shape index (κ1) is 37.5. The van der Waals surface area contributed by atoms with E-state index >= 15 is 0 Å². The number of nitrogens with zero attached hydrogens (tertiary/aromatic N) is 1. The maximum atomic E-state index is 14.2. The second-order valence-electron chi connectivity index (χ2n) is 9.19. The molecule has 0 N–H and O–H groups in total. The predicted octanol–water partition coefficient (Wildman–Crippen LogP) is 9.25. The van der Waals surface area contributed by atoms with Gasteiger partial charge < -0.3 is 0 Å². The average Bonchev–Trinajstić information content (AvgIpc) is 2.88. The van der Waals surface area contributed by atoms with Crippen LogP contribution in [-0.4, -0.2) is 53.6 Å². The molecule has 0 bridgehead atoms. The summed E-state index contributed by atoms with van der Waals surface area (Å²) in [5.41, 5.74) is -0.0134. The van der Waals surface area contributed by atoms with Crippen LogP contribution >= 0.6 is 11.6 Å². The minimum absolute atomic E-state index is 0.0439. The van der Waals surface area contributed by atoms with Gasteiger partial charge in [0.05, 0.1) is 0 Å². The lowest BCUT2D eigenvalue weighted by Crippen LogP contribution is -2.75. The molecule has 0 saturated carbocycles. The molecule has 0 saturated heterocycles. The molecule has 0 amide bonds. The topological polar surface area (TPSA) is 3.88 Å². The highest BCUT2D eigenvalue weighted by Gasteiger charge is 2.96. The number of rotatable bonds is 12. The molecule has 250 valence electrons. The van der Waals surface area contributed by atoms with E-state index in [1.807, 2.05) is 0 Å². The molecule has 0 fully saturated rings. The van der Waals surface area contributed by atoms with Crippen LogP contribution in [0.3, 0.4) is 0 Å². The van der Waals surface area contributed by atoms with Crippen LogP contribution in [-0.2, 0) is 13.0 Å². The zero-order chi connectivity index (χ0) is 34.6. The summed E-state index contributed by atoms with van der Waals surface area (Å²) in [6.07, 6.45) is -10.4. The molecule has 1 heterocycles. The van der Waals surface area contributed by atoms with Crippen LogP contribution in [0.15, 0.2) is 48.7 Å². The summed E-state index contributed by atoms with van der Waals surface area (Å²) < 4.78 is 257. The Kier molecular flexibility index (Phi) is 9.63. The highest BCUT2D eigenvalue weighted by Crippen LogP contribution is 2.65. The van der Waals surface area contributed by atoms with Gasteiger partial charge in [-0.05, 0) is 29.7 Å². The van der Waals surface area contributed by atoms with E-state index in [2.05, 4.69) is 0 Å². The van der Waals surface area contributed by atoms with Gasteiger partial charge in [-0.1, -0.05) is 24.3 Å². The fourth-order valence-electron chi connectivity index (χ4n) is 3.44. The molecule has 0 radical (unpaired) electrons. The van der Waals surface area contributed by atoms with E-state index in [1.54, 1.807) is 12.1 Å². The zero-order valence-electron chi connectivity index (χ0n) is 20.7. The SMILES string of the molecule is FC(F)(F)C(F)(F)C(F)(F)C(F)(F)C(F)(F)C(F)(F)C(F)(F)C(F)(F)C(F)(F)CCc1ccc(C[n+]2ccccc2Cl)cc1. The Morgan fingerprint density at radius 2 is 0.864 bits per heavy atom. The summed E-state index contributed by atoms with van der Waals surface area (Å²) in [5, 5.41) is 0.220. The first-order chi connectivity index (χ1) is 19.4. The number of hydrogen-bond acceptors (Lipinski definition) is 0. The Morgan fingerprint density at radius 1 is 0.477 bits per heavy atom. The number of halogens is 20. The number of pyridine rings is 1. The molecule has 44 heavy (non-hydrogen) atoms. The molecule has 2 rings (SSSR count). The molecular weight excluding hydrogens is 687 g/mol. The predicted molar refractivity (Wildman–Crippen MR) is 111 cm³/mol. The number of alkyl halides is 19. The van der Waals surface area contributed by atoms with Crippen molar-refractivity contribution >= 4 is 11.6 Å².